The van der Waals surface area contributed by atoms with Gasteiger partial charge in [0.1, 0.15) is 0 Å². The molecule has 1 unspecified atom stereocenters. The van der Waals surface area contributed by atoms with Crippen LogP contribution in [0.2, 0.25) is 0 Å². The Morgan fingerprint density at radius 1 is 1.15 bits per heavy atom. The second-order valence-corrected chi connectivity index (χ2v) is 7.26. The number of hydrogen-bond acceptors (Lipinski definition) is 2. The molecule has 0 aliphatic rings. The SMILES string of the molecule is CC(C)CNCc1ccc(N(C)C(C)C(C)C)c(Br)c1. The van der Waals surface area contributed by atoms with Gasteiger partial charge in [-0.1, -0.05) is 33.8 Å². The number of anilines is 1. The van der Waals surface area contributed by atoms with Crippen molar-refractivity contribution in [3.05, 3.63) is 28.2 Å². The van der Waals surface area contributed by atoms with Crippen LogP contribution < -0.4 is 10.2 Å². The second kappa shape index (κ2) is 8.04. The molecule has 2 nitrogen and oxygen atoms in total. The number of nitrogens with zero attached hydrogens (tertiary/aromatic N) is 1. The summed E-state index contributed by atoms with van der Waals surface area (Å²) in [6, 6.07) is 7.19. The summed E-state index contributed by atoms with van der Waals surface area (Å²) in [5.74, 6) is 1.33. The van der Waals surface area contributed by atoms with Crippen LogP contribution in [-0.4, -0.2) is 19.6 Å². The summed E-state index contributed by atoms with van der Waals surface area (Å²) in [4.78, 5) is 2.35. The van der Waals surface area contributed by atoms with Gasteiger partial charge in [0.05, 0.1) is 5.69 Å². The number of benzene rings is 1. The van der Waals surface area contributed by atoms with E-state index in [0.29, 0.717) is 17.9 Å². The van der Waals surface area contributed by atoms with Crippen LogP contribution in [0.15, 0.2) is 22.7 Å². The molecule has 0 amide bonds. The third kappa shape index (κ3) is 5.10. The predicted molar refractivity (Wildman–Crippen MR) is 93.4 cm³/mol. The predicted octanol–water partition coefficient (Wildman–Crippen LogP) is 4.68. The molecule has 0 spiro atoms. The molecule has 1 rings (SSSR count). The molecule has 0 aliphatic heterocycles. The van der Waals surface area contributed by atoms with Crippen molar-refractivity contribution in [3.8, 4) is 0 Å². The third-order valence-corrected chi connectivity index (χ3v) is 4.48. The minimum atomic E-state index is 0.524. The van der Waals surface area contributed by atoms with E-state index in [1.165, 1.54) is 15.7 Å². The monoisotopic (exact) mass is 340 g/mol. The highest BCUT2D eigenvalue weighted by Crippen LogP contribution is 2.29. The highest BCUT2D eigenvalue weighted by Gasteiger charge is 2.15. The van der Waals surface area contributed by atoms with Crippen molar-refractivity contribution in [1.29, 1.82) is 0 Å². The van der Waals surface area contributed by atoms with E-state index in [9.17, 15) is 0 Å². The molecule has 0 heterocycles. The summed E-state index contributed by atoms with van der Waals surface area (Å²) < 4.78 is 1.18. The van der Waals surface area contributed by atoms with Gasteiger partial charge in [-0.25, -0.2) is 0 Å². The molecule has 1 N–H and O–H groups in total. The molecule has 1 atom stereocenters. The smallest absolute Gasteiger partial charge is 0.0510 e. The molecule has 0 saturated heterocycles. The van der Waals surface area contributed by atoms with E-state index in [0.717, 1.165) is 13.1 Å². The molecule has 0 saturated carbocycles. The molecule has 3 heteroatoms. The Balaban J connectivity index is 2.72. The van der Waals surface area contributed by atoms with Gasteiger partial charge < -0.3 is 10.2 Å². The Kier molecular flexibility index (Phi) is 7.04. The molecule has 0 radical (unpaired) electrons. The first-order chi connectivity index (χ1) is 9.32. The van der Waals surface area contributed by atoms with Gasteiger partial charge in [0, 0.05) is 24.1 Å². The van der Waals surface area contributed by atoms with Gasteiger partial charge >= 0.3 is 0 Å². The lowest BCUT2D eigenvalue weighted by Crippen LogP contribution is -2.33. The lowest BCUT2D eigenvalue weighted by Gasteiger charge is -2.31. The quantitative estimate of drug-likeness (QED) is 0.775. The first kappa shape index (κ1) is 17.5. The van der Waals surface area contributed by atoms with Crippen LogP contribution in [0.4, 0.5) is 5.69 Å². The molecule has 1 aromatic rings. The average Bonchev–Trinajstić information content (AvgIpc) is 2.36. The van der Waals surface area contributed by atoms with Crippen molar-refractivity contribution in [2.24, 2.45) is 11.8 Å². The standard InChI is InChI=1S/C17H29BrN2/c1-12(2)10-19-11-15-7-8-17(16(18)9-15)20(6)14(5)13(3)4/h7-9,12-14,19H,10-11H2,1-6H3. The van der Waals surface area contributed by atoms with Crippen LogP contribution in [0.3, 0.4) is 0 Å². The van der Waals surface area contributed by atoms with Crippen molar-refractivity contribution in [3.63, 3.8) is 0 Å². The highest BCUT2D eigenvalue weighted by molar-refractivity contribution is 9.10. The normalized spacial score (nSPS) is 13.1. The lowest BCUT2D eigenvalue weighted by atomic mass is 10.0. The molecule has 114 valence electrons. The summed E-state index contributed by atoms with van der Waals surface area (Å²) in [5, 5.41) is 3.48. The van der Waals surface area contributed by atoms with E-state index in [4.69, 9.17) is 0 Å². The van der Waals surface area contributed by atoms with Gasteiger partial charge in [0.15, 0.2) is 0 Å². The van der Waals surface area contributed by atoms with Crippen LogP contribution in [-0.2, 0) is 6.54 Å². The van der Waals surface area contributed by atoms with Crippen molar-refractivity contribution >= 4 is 21.6 Å². The van der Waals surface area contributed by atoms with E-state index in [2.05, 4.69) is 86.0 Å². The average molecular weight is 341 g/mol. The van der Waals surface area contributed by atoms with Crippen molar-refractivity contribution in [2.45, 2.75) is 47.2 Å². The van der Waals surface area contributed by atoms with Gasteiger partial charge in [-0.05, 0) is 58.9 Å². The van der Waals surface area contributed by atoms with E-state index in [1.54, 1.807) is 0 Å². The second-order valence-electron chi connectivity index (χ2n) is 6.41. The molecule has 0 fully saturated rings. The molecule has 20 heavy (non-hydrogen) atoms. The molecule has 0 aliphatic carbocycles. The molecular weight excluding hydrogens is 312 g/mol. The fourth-order valence-corrected chi connectivity index (χ4v) is 2.82. The van der Waals surface area contributed by atoms with Crippen molar-refractivity contribution in [2.75, 3.05) is 18.5 Å². The molecule has 0 bridgehead atoms. The zero-order valence-electron chi connectivity index (χ0n) is 13.7. The lowest BCUT2D eigenvalue weighted by molar-refractivity contribution is 0.505. The van der Waals surface area contributed by atoms with Gasteiger partial charge in [-0.3, -0.25) is 0 Å². The Bertz CT molecular complexity index is 415. The van der Waals surface area contributed by atoms with E-state index in [-0.39, 0.29) is 0 Å². The summed E-state index contributed by atoms with van der Waals surface area (Å²) >= 11 is 3.72. The van der Waals surface area contributed by atoms with Crippen molar-refractivity contribution in [1.82, 2.24) is 5.32 Å². The van der Waals surface area contributed by atoms with Gasteiger partial charge in [-0.2, -0.15) is 0 Å². The van der Waals surface area contributed by atoms with Gasteiger partial charge in [0.25, 0.3) is 0 Å². The number of hydrogen-bond donors (Lipinski definition) is 1. The maximum Gasteiger partial charge on any atom is 0.0510 e. The Hall–Kier alpha value is -0.540. The Morgan fingerprint density at radius 2 is 1.80 bits per heavy atom. The Morgan fingerprint density at radius 3 is 2.30 bits per heavy atom. The molecular formula is C17H29BrN2. The number of nitrogens with one attached hydrogen (secondary N) is 1. The van der Waals surface area contributed by atoms with E-state index >= 15 is 0 Å². The summed E-state index contributed by atoms with van der Waals surface area (Å²) in [6.45, 7) is 13.3. The zero-order valence-corrected chi connectivity index (χ0v) is 15.3. The minimum absolute atomic E-state index is 0.524. The number of rotatable bonds is 7. The third-order valence-electron chi connectivity index (χ3n) is 3.85. The maximum atomic E-state index is 3.72. The van der Waals surface area contributed by atoms with Crippen LogP contribution in [0.5, 0.6) is 0 Å². The maximum absolute atomic E-state index is 3.72. The van der Waals surface area contributed by atoms with Gasteiger partial charge in [-0.15, -0.1) is 0 Å². The Labute approximate surface area is 133 Å². The summed E-state index contributed by atoms with van der Waals surface area (Å²) in [5.41, 5.74) is 2.59. The van der Waals surface area contributed by atoms with Crippen LogP contribution >= 0.6 is 15.9 Å². The van der Waals surface area contributed by atoms with Crippen LogP contribution in [0.1, 0.15) is 40.2 Å². The highest BCUT2D eigenvalue weighted by atomic mass is 79.9. The van der Waals surface area contributed by atoms with Gasteiger partial charge in [0.2, 0.25) is 0 Å². The number of halogens is 1. The van der Waals surface area contributed by atoms with Crippen molar-refractivity contribution < 1.29 is 0 Å². The topological polar surface area (TPSA) is 15.3 Å². The van der Waals surface area contributed by atoms with E-state index < -0.39 is 0 Å². The molecule has 0 aromatic heterocycles. The largest absolute Gasteiger partial charge is 0.371 e. The first-order valence-electron chi connectivity index (χ1n) is 7.55. The fraction of sp³-hybridized carbons (Fsp3) is 0.647. The van der Waals surface area contributed by atoms with E-state index in [1.807, 2.05) is 0 Å². The summed E-state index contributed by atoms with van der Waals surface area (Å²) in [7, 11) is 2.17. The van der Waals surface area contributed by atoms with Crippen LogP contribution in [0.25, 0.3) is 0 Å². The van der Waals surface area contributed by atoms with Crippen LogP contribution in [0, 0.1) is 11.8 Å². The summed E-state index contributed by atoms with van der Waals surface area (Å²) in [6.07, 6.45) is 0. The zero-order chi connectivity index (χ0) is 15.3. The minimum Gasteiger partial charge on any atom is -0.371 e. The molecule has 1 aromatic carbocycles. The fourth-order valence-electron chi connectivity index (χ4n) is 2.12. The first-order valence-corrected chi connectivity index (χ1v) is 8.34.